The maximum atomic E-state index is 11.9. The van der Waals surface area contributed by atoms with Crippen molar-refractivity contribution in [2.45, 2.75) is 20.3 Å². The van der Waals surface area contributed by atoms with Crippen molar-refractivity contribution in [2.24, 2.45) is 0 Å². The first-order valence-electron chi connectivity index (χ1n) is 5.25. The van der Waals surface area contributed by atoms with E-state index in [0.717, 1.165) is 0 Å². The van der Waals surface area contributed by atoms with Crippen LogP contribution in [-0.2, 0) is 0 Å². The lowest BCUT2D eigenvalue weighted by molar-refractivity contribution is 0.0896. The zero-order valence-electron chi connectivity index (χ0n) is 9.65. The van der Waals surface area contributed by atoms with Gasteiger partial charge < -0.3 is 4.42 Å². The van der Waals surface area contributed by atoms with Crippen LogP contribution in [-0.4, -0.2) is 11.6 Å². The van der Waals surface area contributed by atoms with Crippen molar-refractivity contribution in [3.63, 3.8) is 0 Å². The number of carbonyl (C=O) groups excluding carboxylic acids is 2. The quantitative estimate of drug-likeness (QED) is 0.615. The molecule has 0 N–H and O–H groups in total. The molecular weight excluding hydrogens is 236 g/mol. The number of rotatable bonds is 4. The maximum Gasteiger partial charge on any atom is 0.180 e. The van der Waals surface area contributed by atoms with E-state index in [0.29, 0.717) is 22.0 Å². The normalized spacial score (nSPS) is 10.5. The van der Waals surface area contributed by atoms with Gasteiger partial charge in [-0.1, -0.05) is 6.07 Å². The lowest BCUT2D eigenvalue weighted by atomic mass is 10.1. The number of carbonyl (C=O) groups is 2. The van der Waals surface area contributed by atoms with E-state index >= 15 is 0 Å². The Morgan fingerprint density at radius 1 is 1.29 bits per heavy atom. The molecule has 2 heterocycles. The van der Waals surface area contributed by atoms with E-state index in [1.165, 1.54) is 11.3 Å². The molecule has 0 aliphatic carbocycles. The van der Waals surface area contributed by atoms with Gasteiger partial charge in [0, 0.05) is 0 Å². The summed E-state index contributed by atoms with van der Waals surface area (Å²) in [6.45, 7) is 3.51. The Morgan fingerprint density at radius 2 is 2.06 bits per heavy atom. The minimum Gasteiger partial charge on any atom is -0.466 e. The Labute approximate surface area is 103 Å². The fraction of sp³-hybridized carbons (Fsp3) is 0.231. The molecule has 3 nitrogen and oxygen atoms in total. The van der Waals surface area contributed by atoms with E-state index in [-0.39, 0.29) is 18.0 Å². The summed E-state index contributed by atoms with van der Waals surface area (Å²) in [7, 11) is 0. The van der Waals surface area contributed by atoms with Crippen molar-refractivity contribution < 1.29 is 14.0 Å². The highest BCUT2D eigenvalue weighted by molar-refractivity contribution is 7.12. The van der Waals surface area contributed by atoms with Gasteiger partial charge in [0.2, 0.25) is 0 Å². The molecule has 0 saturated heterocycles. The van der Waals surface area contributed by atoms with E-state index in [1.807, 2.05) is 5.38 Å². The average molecular weight is 248 g/mol. The SMILES string of the molecule is Cc1cc(C(=O)CC(=O)c2cccs2)c(C)o1. The summed E-state index contributed by atoms with van der Waals surface area (Å²) < 4.78 is 5.28. The molecule has 0 saturated carbocycles. The summed E-state index contributed by atoms with van der Waals surface area (Å²) >= 11 is 1.35. The van der Waals surface area contributed by atoms with Crippen molar-refractivity contribution in [3.05, 3.63) is 45.5 Å². The van der Waals surface area contributed by atoms with Crippen LogP contribution in [0.15, 0.2) is 28.0 Å². The summed E-state index contributed by atoms with van der Waals surface area (Å²) in [5, 5.41) is 1.82. The first-order valence-corrected chi connectivity index (χ1v) is 6.13. The van der Waals surface area contributed by atoms with Gasteiger partial charge in [0.25, 0.3) is 0 Å². The highest BCUT2D eigenvalue weighted by Crippen LogP contribution is 2.18. The summed E-state index contributed by atoms with van der Waals surface area (Å²) in [6, 6.07) is 5.21. The predicted molar refractivity (Wildman–Crippen MR) is 65.8 cm³/mol. The standard InChI is InChI=1S/C13H12O3S/c1-8-6-10(9(2)16-8)11(14)7-12(15)13-4-3-5-17-13/h3-6H,7H2,1-2H3. The third-order valence-corrected chi connectivity index (χ3v) is 3.37. The third kappa shape index (κ3) is 2.53. The number of ketones is 2. The second-order valence-electron chi connectivity index (χ2n) is 3.83. The molecule has 0 amide bonds. The van der Waals surface area contributed by atoms with Gasteiger partial charge in [0.05, 0.1) is 16.9 Å². The molecule has 88 valence electrons. The second kappa shape index (κ2) is 4.67. The molecule has 0 aliphatic heterocycles. The van der Waals surface area contributed by atoms with Crippen LogP contribution in [0, 0.1) is 13.8 Å². The number of hydrogen-bond donors (Lipinski definition) is 0. The van der Waals surface area contributed by atoms with Gasteiger partial charge in [-0.2, -0.15) is 0 Å². The average Bonchev–Trinajstić information content (AvgIpc) is 2.87. The number of hydrogen-bond acceptors (Lipinski definition) is 4. The molecule has 0 unspecified atom stereocenters. The Bertz CT molecular complexity index is 549. The molecular formula is C13H12O3S. The maximum absolute atomic E-state index is 11.9. The molecule has 0 bridgehead atoms. The van der Waals surface area contributed by atoms with Crippen molar-refractivity contribution in [3.8, 4) is 0 Å². The van der Waals surface area contributed by atoms with E-state index in [9.17, 15) is 9.59 Å². The number of furan rings is 1. The van der Waals surface area contributed by atoms with Crippen molar-refractivity contribution in [2.75, 3.05) is 0 Å². The van der Waals surface area contributed by atoms with Gasteiger partial charge in [-0.15, -0.1) is 11.3 Å². The molecule has 0 radical (unpaired) electrons. The fourth-order valence-corrected chi connectivity index (χ4v) is 2.34. The van der Waals surface area contributed by atoms with Crippen molar-refractivity contribution >= 4 is 22.9 Å². The molecule has 17 heavy (non-hydrogen) atoms. The Kier molecular flexibility index (Phi) is 3.24. The van der Waals surface area contributed by atoms with Crippen LogP contribution in [0.3, 0.4) is 0 Å². The van der Waals surface area contributed by atoms with Gasteiger partial charge in [-0.3, -0.25) is 9.59 Å². The topological polar surface area (TPSA) is 47.3 Å². The summed E-state index contributed by atoms with van der Waals surface area (Å²) in [5.41, 5.74) is 0.507. The monoisotopic (exact) mass is 248 g/mol. The van der Waals surface area contributed by atoms with Crippen molar-refractivity contribution in [1.82, 2.24) is 0 Å². The minimum atomic E-state index is -0.183. The molecule has 0 aliphatic rings. The molecule has 0 atom stereocenters. The van der Waals surface area contributed by atoms with E-state index in [2.05, 4.69) is 0 Å². The zero-order valence-corrected chi connectivity index (χ0v) is 10.5. The highest BCUT2D eigenvalue weighted by Gasteiger charge is 2.18. The molecule has 0 spiro atoms. The summed E-state index contributed by atoms with van der Waals surface area (Å²) in [5.74, 6) is 0.946. The molecule has 2 aromatic heterocycles. The van der Waals surface area contributed by atoms with E-state index in [1.54, 1.807) is 32.0 Å². The first-order chi connectivity index (χ1) is 8.08. The lowest BCUT2D eigenvalue weighted by Gasteiger charge is -1.97. The van der Waals surface area contributed by atoms with E-state index < -0.39 is 0 Å². The van der Waals surface area contributed by atoms with E-state index in [4.69, 9.17) is 4.42 Å². The highest BCUT2D eigenvalue weighted by atomic mass is 32.1. The van der Waals surface area contributed by atoms with Gasteiger partial charge >= 0.3 is 0 Å². The molecule has 0 fully saturated rings. The summed E-state index contributed by atoms with van der Waals surface area (Å²) in [4.78, 5) is 24.3. The Hall–Kier alpha value is -1.68. The van der Waals surface area contributed by atoms with Crippen LogP contribution in [0.2, 0.25) is 0 Å². The molecule has 0 aromatic carbocycles. The zero-order chi connectivity index (χ0) is 12.4. The van der Waals surface area contributed by atoms with Gasteiger partial charge in [0.15, 0.2) is 11.6 Å². The fourth-order valence-electron chi connectivity index (χ4n) is 1.67. The molecule has 2 aromatic rings. The second-order valence-corrected chi connectivity index (χ2v) is 4.78. The Morgan fingerprint density at radius 3 is 2.59 bits per heavy atom. The lowest BCUT2D eigenvalue weighted by Crippen LogP contribution is -2.07. The van der Waals surface area contributed by atoms with Gasteiger partial charge in [-0.25, -0.2) is 0 Å². The number of Topliss-reactive ketones (excluding diaryl/α,β-unsaturated/α-hetero) is 2. The van der Waals surface area contributed by atoms with Crippen LogP contribution in [0.4, 0.5) is 0 Å². The van der Waals surface area contributed by atoms with Crippen LogP contribution < -0.4 is 0 Å². The number of aryl methyl sites for hydroxylation is 2. The predicted octanol–water partition coefficient (Wildman–Crippen LogP) is 3.41. The van der Waals surface area contributed by atoms with Crippen LogP contribution in [0.1, 0.15) is 38.0 Å². The third-order valence-electron chi connectivity index (χ3n) is 2.46. The van der Waals surface area contributed by atoms with Crippen LogP contribution in [0.5, 0.6) is 0 Å². The Balaban J connectivity index is 2.12. The summed E-state index contributed by atoms with van der Waals surface area (Å²) in [6.07, 6.45) is -0.0969. The van der Waals surface area contributed by atoms with Crippen LogP contribution in [0.25, 0.3) is 0 Å². The molecule has 4 heteroatoms. The smallest absolute Gasteiger partial charge is 0.180 e. The number of thiophene rings is 1. The largest absolute Gasteiger partial charge is 0.466 e. The molecule has 2 rings (SSSR count). The first kappa shape index (κ1) is 11.8. The van der Waals surface area contributed by atoms with Crippen LogP contribution >= 0.6 is 11.3 Å². The van der Waals surface area contributed by atoms with Gasteiger partial charge in [-0.05, 0) is 31.4 Å². The van der Waals surface area contributed by atoms with Crippen molar-refractivity contribution in [1.29, 1.82) is 0 Å². The minimum absolute atomic E-state index is 0.0969. The van der Waals surface area contributed by atoms with Gasteiger partial charge in [0.1, 0.15) is 11.5 Å².